The molecule has 20 heavy (non-hydrogen) atoms. The maximum absolute atomic E-state index is 9.40. The first-order valence-electron chi connectivity index (χ1n) is 6.16. The summed E-state index contributed by atoms with van der Waals surface area (Å²) in [6, 6.07) is 0. The van der Waals surface area contributed by atoms with Gasteiger partial charge in [0.2, 0.25) is 0 Å². The fourth-order valence-electron chi connectivity index (χ4n) is 0.710. The van der Waals surface area contributed by atoms with Crippen molar-refractivity contribution in [1.82, 2.24) is 0 Å². The van der Waals surface area contributed by atoms with Gasteiger partial charge in [-0.25, -0.2) is 9.59 Å². The van der Waals surface area contributed by atoms with E-state index in [0.717, 1.165) is 25.9 Å². The molecule has 0 saturated carbocycles. The van der Waals surface area contributed by atoms with Gasteiger partial charge in [-0.1, -0.05) is 6.92 Å². The third kappa shape index (κ3) is 36.0. The summed E-state index contributed by atoms with van der Waals surface area (Å²) in [5.74, 6) is 0. The van der Waals surface area contributed by atoms with E-state index in [9.17, 15) is 14.4 Å². The van der Waals surface area contributed by atoms with Gasteiger partial charge in [-0.3, -0.25) is 0 Å². The van der Waals surface area contributed by atoms with Gasteiger partial charge >= 0.3 is 12.3 Å². The molecule has 0 aliphatic rings. The van der Waals surface area contributed by atoms with Gasteiger partial charge in [-0.05, 0) is 27.2 Å². The number of hydrogen-bond acceptors (Lipinski definition) is 6. The van der Waals surface area contributed by atoms with Crippen molar-refractivity contribution in [2.75, 3.05) is 13.2 Å². The molecule has 0 aromatic carbocycles. The highest BCUT2D eigenvalue weighted by molar-refractivity contribution is 5.74. The lowest BCUT2D eigenvalue weighted by Gasteiger charge is -2.09. The van der Waals surface area contributed by atoms with Crippen LogP contribution in [-0.2, 0) is 19.0 Å². The van der Waals surface area contributed by atoms with Gasteiger partial charge in [0.1, 0.15) is 6.29 Å². The molecule has 0 spiro atoms. The number of rotatable bonds is 6. The molecule has 0 radical (unpaired) electrons. The van der Waals surface area contributed by atoms with E-state index in [2.05, 4.69) is 4.74 Å². The van der Waals surface area contributed by atoms with E-state index in [1.54, 1.807) is 0 Å². The van der Waals surface area contributed by atoms with Gasteiger partial charge in [-0.15, -0.1) is 0 Å². The second-order valence-corrected chi connectivity index (χ2v) is 3.07. The van der Waals surface area contributed by atoms with Crippen LogP contribution >= 0.6 is 0 Å². The molecule has 2 N–H and O–H groups in total. The number of ether oxygens (including phenoxy) is 3. The Kier molecular flexibility index (Phi) is 23.0. The molecular weight excluding hydrogens is 272 g/mol. The molecule has 0 fully saturated rings. The molecule has 8 nitrogen and oxygen atoms in total. The number of carboxylic acid groups (broad SMARTS) is 2. The molecule has 8 heteroatoms. The zero-order valence-electron chi connectivity index (χ0n) is 12.3. The Morgan fingerprint density at radius 3 is 1.55 bits per heavy atom. The van der Waals surface area contributed by atoms with Crippen LogP contribution in [0.5, 0.6) is 0 Å². The summed E-state index contributed by atoms with van der Waals surface area (Å²) in [6.45, 7) is 9.23. The van der Waals surface area contributed by atoms with Gasteiger partial charge < -0.3 is 29.2 Å². The molecule has 0 aliphatic heterocycles. The molecule has 0 aliphatic carbocycles. The second kappa shape index (κ2) is 19.7. The van der Waals surface area contributed by atoms with Gasteiger partial charge in [0.25, 0.3) is 0 Å². The van der Waals surface area contributed by atoms with E-state index in [4.69, 9.17) is 19.7 Å². The van der Waals surface area contributed by atoms with Crippen molar-refractivity contribution in [2.45, 2.75) is 46.8 Å². The lowest BCUT2D eigenvalue weighted by atomic mass is 10.4. The van der Waals surface area contributed by atoms with Gasteiger partial charge in [0, 0.05) is 19.6 Å². The minimum Gasteiger partial charge on any atom is -0.449 e. The number of hydrogen-bond donors (Lipinski definition) is 2. The molecule has 0 bridgehead atoms. The number of aldehydes is 1. The van der Waals surface area contributed by atoms with Crippen LogP contribution in [-0.4, -0.2) is 48.3 Å². The van der Waals surface area contributed by atoms with E-state index >= 15 is 0 Å². The normalized spacial score (nSPS) is 8.65. The van der Waals surface area contributed by atoms with E-state index in [0.29, 0.717) is 6.42 Å². The minimum absolute atomic E-state index is 0.0370. The summed E-state index contributed by atoms with van der Waals surface area (Å²) in [6.07, 6.45) is -1.05. The van der Waals surface area contributed by atoms with Crippen molar-refractivity contribution in [2.24, 2.45) is 0 Å². The highest BCUT2D eigenvalue weighted by Crippen LogP contribution is 1.90. The van der Waals surface area contributed by atoms with E-state index < -0.39 is 12.3 Å². The van der Waals surface area contributed by atoms with Crippen LogP contribution in [0.3, 0.4) is 0 Å². The monoisotopic (exact) mass is 296 g/mol. The average Bonchev–Trinajstić information content (AvgIpc) is 2.30. The largest absolute Gasteiger partial charge is 0.516 e. The number of carbonyl (C=O) groups is 3. The van der Waals surface area contributed by atoms with Crippen molar-refractivity contribution >= 4 is 18.6 Å². The van der Waals surface area contributed by atoms with E-state index in [1.807, 2.05) is 27.7 Å². The van der Waals surface area contributed by atoms with E-state index in [1.165, 1.54) is 0 Å². The third-order valence-electron chi connectivity index (χ3n) is 1.38. The first-order chi connectivity index (χ1) is 9.35. The molecule has 0 unspecified atom stereocenters. The third-order valence-corrected chi connectivity index (χ3v) is 1.38. The zero-order chi connectivity index (χ0) is 16.4. The summed E-state index contributed by atoms with van der Waals surface area (Å²) in [7, 11) is 0. The number of unbranched alkanes of at least 4 members (excludes halogenated alkanes) is 1. The first kappa shape index (κ1) is 23.4. The lowest BCUT2D eigenvalue weighted by molar-refractivity contribution is -0.123. The van der Waals surface area contributed by atoms with Crippen LogP contribution in [0, 0.1) is 0 Å². The topological polar surface area (TPSA) is 119 Å². The summed E-state index contributed by atoms with van der Waals surface area (Å²) in [5.41, 5.74) is 0. The standard InChI is InChI=1S/C6H14O2.C4H8O.C2H2O5/c1-4-7-6(3)8-5-2;1-2-3-4-5;3-1(4)7-2(5)6/h6H,4-5H2,1-3H3;4H,2-3H2,1H3;(H,3,4)(H,5,6). The number of carbonyl (C=O) groups excluding carboxylic acids is 1. The predicted molar refractivity (Wildman–Crippen MR) is 70.8 cm³/mol. The van der Waals surface area contributed by atoms with Gasteiger partial charge in [0.15, 0.2) is 6.29 Å². The van der Waals surface area contributed by atoms with Crippen molar-refractivity contribution in [3.63, 3.8) is 0 Å². The van der Waals surface area contributed by atoms with Gasteiger partial charge in [0.05, 0.1) is 0 Å². The van der Waals surface area contributed by atoms with Gasteiger partial charge in [-0.2, -0.15) is 0 Å². The average molecular weight is 296 g/mol. The summed E-state index contributed by atoms with van der Waals surface area (Å²) < 4.78 is 13.2. The minimum atomic E-state index is -1.81. The predicted octanol–water partition coefficient (Wildman–Crippen LogP) is 2.75. The maximum Gasteiger partial charge on any atom is 0.516 e. The Morgan fingerprint density at radius 2 is 1.45 bits per heavy atom. The fourth-order valence-corrected chi connectivity index (χ4v) is 0.710. The lowest BCUT2D eigenvalue weighted by Crippen LogP contribution is -2.11. The highest BCUT2D eigenvalue weighted by Gasteiger charge is 2.01. The Bertz CT molecular complexity index is 224. The Labute approximate surface area is 118 Å². The first-order valence-corrected chi connectivity index (χ1v) is 6.16. The molecule has 0 heterocycles. The fraction of sp³-hybridized carbons (Fsp3) is 0.750. The molecule has 120 valence electrons. The molecule has 0 atom stereocenters. The van der Waals surface area contributed by atoms with Crippen LogP contribution in [0.1, 0.15) is 40.5 Å². The maximum atomic E-state index is 9.40. The van der Waals surface area contributed by atoms with E-state index in [-0.39, 0.29) is 6.29 Å². The Balaban J connectivity index is -0.000000223. The molecule has 0 rings (SSSR count). The van der Waals surface area contributed by atoms with Crippen LogP contribution in [0.4, 0.5) is 9.59 Å². The van der Waals surface area contributed by atoms with Crippen LogP contribution in [0.15, 0.2) is 0 Å². The van der Waals surface area contributed by atoms with Crippen molar-refractivity contribution in [1.29, 1.82) is 0 Å². The quantitative estimate of drug-likeness (QED) is 0.332. The zero-order valence-corrected chi connectivity index (χ0v) is 12.3. The SMILES string of the molecule is CCCC=O.CCOC(C)OCC.O=C(O)OC(=O)O. The molecule has 0 aromatic heterocycles. The summed E-state index contributed by atoms with van der Waals surface area (Å²) >= 11 is 0. The smallest absolute Gasteiger partial charge is 0.449 e. The molecule has 0 amide bonds. The van der Waals surface area contributed by atoms with Crippen LogP contribution < -0.4 is 0 Å². The molecule has 0 saturated heterocycles. The summed E-state index contributed by atoms with van der Waals surface area (Å²) in [5, 5.41) is 15.0. The van der Waals surface area contributed by atoms with Crippen molar-refractivity contribution in [3.8, 4) is 0 Å². The van der Waals surface area contributed by atoms with Crippen LogP contribution in [0.25, 0.3) is 0 Å². The summed E-state index contributed by atoms with van der Waals surface area (Å²) in [4.78, 5) is 27.8. The Hall–Kier alpha value is -1.67. The highest BCUT2D eigenvalue weighted by atomic mass is 16.7. The second-order valence-electron chi connectivity index (χ2n) is 3.07. The Morgan fingerprint density at radius 1 is 1.05 bits per heavy atom. The molecular formula is C12H24O8. The van der Waals surface area contributed by atoms with Crippen molar-refractivity contribution < 1.29 is 38.8 Å². The molecule has 0 aromatic rings. The van der Waals surface area contributed by atoms with Crippen LogP contribution in [0.2, 0.25) is 0 Å². The van der Waals surface area contributed by atoms with Crippen molar-refractivity contribution in [3.05, 3.63) is 0 Å².